The Kier molecular flexibility index (Phi) is 3.00. The summed E-state index contributed by atoms with van der Waals surface area (Å²) in [6.45, 7) is 4.17. The smallest absolute Gasteiger partial charge is 0.407 e. The molecule has 1 aliphatic heterocycles. The zero-order chi connectivity index (χ0) is 12.6. The fraction of sp³-hybridized carbons (Fsp3) is 0.417. The number of hydrogen-bond acceptors (Lipinski definition) is 2. The van der Waals surface area contributed by atoms with Crippen LogP contribution in [-0.2, 0) is 4.74 Å². The van der Waals surface area contributed by atoms with Gasteiger partial charge in [-0.1, -0.05) is 25.4 Å². The van der Waals surface area contributed by atoms with Crippen LogP contribution in [0.2, 0.25) is 5.02 Å². The number of nitrogens with one attached hydrogen (secondary N) is 1. The number of cyclic esters (lactones) is 1. The number of alkyl carbamates (subject to hydrolysis) is 1. The van der Waals surface area contributed by atoms with E-state index in [1.165, 1.54) is 12.1 Å². The van der Waals surface area contributed by atoms with Gasteiger partial charge in [0.25, 0.3) is 0 Å². The van der Waals surface area contributed by atoms with Gasteiger partial charge in [0.15, 0.2) is 0 Å². The van der Waals surface area contributed by atoms with Crippen LogP contribution >= 0.6 is 11.6 Å². The predicted octanol–water partition coefficient (Wildman–Crippen LogP) is 3.29. The van der Waals surface area contributed by atoms with Crippen molar-refractivity contribution in [2.75, 3.05) is 6.61 Å². The average Bonchev–Trinajstić information content (AvgIpc) is 2.20. The van der Waals surface area contributed by atoms with Crippen LogP contribution < -0.4 is 5.32 Å². The second-order valence-electron chi connectivity index (χ2n) is 4.84. The number of carbonyl (C=O) groups is 1. The summed E-state index contributed by atoms with van der Waals surface area (Å²) >= 11 is 5.81. The zero-order valence-electron chi connectivity index (χ0n) is 9.59. The standard InChI is InChI=1S/C12H13ClFNO2/c1-12(2)6-17-11(16)15-10(12)7-3-8(13)5-9(14)4-7/h3-5,10H,6H2,1-2H3,(H,15,16)/t10-/m0/s1. The molecule has 0 aromatic heterocycles. The molecule has 1 aliphatic rings. The highest BCUT2D eigenvalue weighted by Crippen LogP contribution is 2.37. The van der Waals surface area contributed by atoms with Crippen LogP contribution in [0.3, 0.4) is 0 Å². The number of rotatable bonds is 1. The van der Waals surface area contributed by atoms with Crippen molar-refractivity contribution in [3.63, 3.8) is 0 Å². The third-order valence-electron chi connectivity index (χ3n) is 2.84. The van der Waals surface area contributed by atoms with E-state index < -0.39 is 11.9 Å². The summed E-state index contributed by atoms with van der Waals surface area (Å²) in [6.07, 6.45) is -0.491. The van der Waals surface area contributed by atoms with E-state index in [0.717, 1.165) is 0 Å². The summed E-state index contributed by atoms with van der Waals surface area (Å²) < 4.78 is 18.2. The minimum Gasteiger partial charge on any atom is -0.449 e. The van der Waals surface area contributed by atoms with E-state index in [-0.39, 0.29) is 18.1 Å². The molecule has 5 heteroatoms. The Balaban J connectivity index is 2.39. The molecule has 0 saturated carbocycles. The van der Waals surface area contributed by atoms with Gasteiger partial charge in [-0.25, -0.2) is 9.18 Å². The first-order chi connectivity index (χ1) is 7.88. The molecule has 0 unspecified atom stereocenters. The Morgan fingerprint density at radius 1 is 1.47 bits per heavy atom. The number of ether oxygens (including phenoxy) is 1. The van der Waals surface area contributed by atoms with Crippen molar-refractivity contribution < 1.29 is 13.9 Å². The van der Waals surface area contributed by atoms with Gasteiger partial charge < -0.3 is 10.1 Å². The summed E-state index contributed by atoms with van der Waals surface area (Å²) in [5.74, 6) is -0.413. The average molecular weight is 258 g/mol. The van der Waals surface area contributed by atoms with Gasteiger partial charge in [-0.3, -0.25) is 0 Å². The van der Waals surface area contributed by atoms with Crippen molar-refractivity contribution in [1.29, 1.82) is 0 Å². The highest BCUT2D eigenvalue weighted by atomic mass is 35.5. The van der Waals surface area contributed by atoms with Crippen LogP contribution in [0.25, 0.3) is 0 Å². The van der Waals surface area contributed by atoms with Gasteiger partial charge in [0.1, 0.15) is 12.4 Å². The van der Waals surface area contributed by atoms with Crippen molar-refractivity contribution in [3.8, 4) is 0 Å². The Morgan fingerprint density at radius 2 is 2.18 bits per heavy atom. The van der Waals surface area contributed by atoms with Crippen LogP contribution in [0.4, 0.5) is 9.18 Å². The lowest BCUT2D eigenvalue weighted by atomic mass is 9.80. The maximum atomic E-state index is 13.3. The molecule has 0 spiro atoms. The molecule has 0 bridgehead atoms. The van der Waals surface area contributed by atoms with Gasteiger partial charge in [-0.2, -0.15) is 0 Å². The molecule has 1 fully saturated rings. The molecule has 92 valence electrons. The summed E-state index contributed by atoms with van der Waals surface area (Å²) in [6, 6.07) is 3.96. The fourth-order valence-corrected chi connectivity index (χ4v) is 2.20. The predicted molar refractivity (Wildman–Crippen MR) is 62.4 cm³/mol. The molecule has 2 rings (SSSR count). The summed E-state index contributed by atoms with van der Waals surface area (Å²) in [4.78, 5) is 11.2. The largest absolute Gasteiger partial charge is 0.449 e. The summed E-state index contributed by atoms with van der Waals surface area (Å²) in [5.41, 5.74) is 0.335. The Bertz CT molecular complexity index is 442. The lowest BCUT2D eigenvalue weighted by molar-refractivity contribution is 0.0386. The fourth-order valence-electron chi connectivity index (χ4n) is 1.97. The van der Waals surface area contributed by atoms with Gasteiger partial charge in [0.2, 0.25) is 0 Å². The van der Waals surface area contributed by atoms with Crippen LogP contribution in [0.1, 0.15) is 25.5 Å². The molecule has 1 saturated heterocycles. The third-order valence-corrected chi connectivity index (χ3v) is 3.06. The number of amides is 1. The molecule has 0 radical (unpaired) electrons. The number of carbonyl (C=O) groups excluding carboxylic acids is 1. The molecule has 1 amide bonds. The molecular weight excluding hydrogens is 245 g/mol. The zero-order valence-corrected chi connectivity index (χ0v) is 10.3. The van der Waals surface area contributed by atoms with Gasteiger partial charge in [0.05, 0.1) is 6.04 Å². The molecule has 1 atom stereocenters. The van der Waals surface area contributed by atoms with Gasteiger partial charge in [0, 0.05) is 10.4 Å². The van der Waals surface area contributed by atoms with Crippen molar-refractivity contribution in [2.45, 2.75) is 19.9 Å². The van der Waals surface area contributed by atoms with Gasteiger partial charge >= 0.3 is 6.09 Å². The molecule has 1 N–H and O–H groups in total. The SMILES string of the molecule is CC1(C)COC(=O)N[C@H]1c1cc(F)cc(Cl)c1. The highest BCUT2D eigenvalue weighted by molar-refractivity contribution is 6.30. The summed E-state index contributed by atoms with van der Waals surface area (Å²) in [5, 5.41) is 3.01. The molecule has 0 aliphatic carbocycles. The lowest BCUT2D eigenvalue weighted by Crippen LogP contribution is -2.46. The van der Waals surface area contributed by atoms with Crippen LogP contribution in [0.5, 0.6) is 0 Å². The molecule has 1 aromatic rings. The topological polar surface area (TPSA) is 38.3 Å². The van der Waals surface area contributed by atoms with E-state index in [1.807, 2.05) is 13.8 Å². The van der Waals surface area contributed by atoms with E-state index in [4.69, 9.17) is 16.3 Å². The molecule has 17 heavy (non-hydrogen) atoms. The highest BCUT2D eigenvalue weighted by Gasteiger charge is 2.38. The monoisotopic (exact) mass is 257 g/mol. The van der Waals surface area contributed by atoms with Crippen LogP contribution in [0.15, 0.2) is 18.2 Å². The second kappa shape index (κ2) is 4.18. The van der Waals surface area contributed by atoms with Crippen LogP contribution in [-0.4, -0.2) is 12.7 Å². The maximum Gasteiger partial charge on any atom is 0.407 e. The van der Waals surface area contributed by atoms with Gasteiger partial charge in [-0.15, -0.1) is 0 Å². The van der Waals surface area contributed by atoms with Gasteiger partial charge in [-0.05, 0) is 23.8 Å². The molecule has 1 heterocycles. The van der Waals surface area contributed by atoms with Crippen molar-refractivity contribution in [1.82, 2.24) is 5.32 Å². The number of benzene rings is 1. The quantitative estimate of drug-likeness (QED) is 0.838. The molecular formula is C12H13ClFNO2. The van der Waals surface area contributed by atoms with E-state index in [0.29, 0.717) is 10.6 Å². The minimum atomic E-state index is -0.491. The second-order valence-corrected chi connectivity index (χ2v) is 5.28. The van der Waals surface area contributed by atoms with E-state index in [9.17, 15) is 9.18 Å². The normalized spacial score (nSPS) is 22.8. The minimum absolute atomic E-state index is 0.289. The molecule has 1 aromatic carbocycles. The third kappa shape index (κ3) is 2.52. The van der Waals surface area contributed by atoms with E-state index >= 15 is 0 Å². The van der Waals surface area contributed by atoms with E-state index in [2.05, 4.69) is 5.32 Å². The first kappa shape index (κ1) is 12.2. The number of halogens is 2. The first-order valence-electron chi connectivity index (χ1n) is 5.28. The maximum absolute atomic E-state index is 13.3. The molecule has 3 nitrogen and oxygen atoms in total. The first-order valence-corrected chi connectivity index (χ1v) is 5.65. The lowest BCUT2D eigenvalue weighted by Gasteiger charge is -2.38. The number of hydrogen-bond donors (Lipinski definition) is 1. The Morgan fingerprint density at radius 3 is 2.82 bits per heavy atom. The Labute approximate surface area is 104 Å². The van der Waals surface area contributed by atoms with Crippen molar-refractivity contribution >= 4 is 17.7 Å². The van der Waals surface area contributed by atoms with E-state index in [1.54, 1.807) is 6.07 Å². The van der Waals surface area contributed by atoms with Crippen LogP contribution in [0, 0.1) is 11.2 Å². The summed E-state index contributed by atoms with van der Waals surface area (Å²) in [7, 11) is 0. The Hall–Kier alpha value is -1.29. The van der Waals surface area contributed by atoms with Crippen molar-refractivity contribution in [3.05, 3.63) is 34.6 Å². The van der Waals surface area contributed by atoms with Crippen molar-refractivity contribution in [2.24, 2.45) is 5.41 Å².